The quantitative estimate of drug-likeness (QED) is 0.676. The lowest BCUT2D eigenvalue weighted by Crippen LogP contribution is -2.28. The second-order valence-electron chi connectivity index (χ2n) is 3.99. The van der Waals surface area contributed by atoms with Crippen molar-refractivity contribution >= 4 is 11.4 Å². The van der Waals surface area contributed by atoms with Crippen LogP contribution >= 0.6 is 0 Å². The summed E-state index contributed by atoms with van der Waals surface area (Å²) >= 11 is 0. The third kappa shape index (κ3) is 0.895. The van der Waals surface area contributed by atoms with Crippen molar-refractivity contribution in [2.24, 2.45) is 5.16 Å². The molecule has 14 heavy (non-hydrogen) atoms. The molecule has 1 N–H and O–H groups in total. The maximum absolute atomic E-state index is 5.57. The van der Waals surface area contributed by atoms with Crippen LogP contribution in [0.1, 0.15) is 18.9 Å². The Morgan fingerprint density at radius 2 is 2.29 bits per heavy atom. The minimum absolute atomic E-state index is 0.222. The summed E-state index contributed by atoms with van der Waals surface area (Å²) in [6.07, 6.45) is 0.900. The van der Waals surface area contributed by atoms with Crippen LogP contribution in [0.5, 0.6) is 0 Å². The van der Waals surface area contributed by atoms with E-state index in [2.05, 4.69) is 22.6 Å². The highest BCUT2D eigenvalue weighted by Gasteiger charge is 2.44. The van der Waals surface area contributed by atoms with E-state index in [0.717, 1.165) is 18.7 Å². The van der Waals surface area contributed by atoms with Gasteiger partial charge in [-0.1, -0.05) is 23.4 Å². The second kappa shape index (κ2) is 2.50. The molecule has 0 bridgehead atoms. The smallest absolute Gasteiger partial charge is 0.186 e. The molecule has 2 aliphatic rings. The number of nitrogens with zero attached hydrogens (tertiary/aromatic N) is 1. The highest BCUT2D eigenvalue weighted by Crippen LogP contribution is 2.43. The predicted molar refractivity (Wildman–Crippen MR) is 55.4 cm³/mol. The van der Waals surface area contributed by atoms with Gasteiger partial charge in [0.15, 0.2) is 5.60 Å². The fraction of sp³-hybridized carbons (Fsp3) is 0.364. The maximum Gasteiger partial charge on any atom is 0.186 e. The average Bonchev–Trinajstić information content (AvgIpc) is 2.75. The third-order valence-electron chi connectivity index (χ3n) is 2.90. The van der Waals surface area contributed by atoms with Gasteiger partial charge in [0.2, 0.25) is 0 Å². The summed E-state index contributed by atoms with van der Waals surface area (Å²) in [5, 5.41) is 7.40. The average molecular weight is 188 g/mol. The zero-order valence-electron chi connectivity index (χ0n) is 8.08. The Morgan fingerprint density at radius 3 is 3.07 bits per heavy atom. The van der Waals surface area contributed by atoms with E-state index in [1.807, 2.05) is 19.1 Å². The molecule has 2 heterocycles. The lowest BCUT2D eigenvalue weighted by atomic mass is 9.91. The zero-order chi connectivity index (χ0) is 9.60. The number of hydrogen-bond acceptors (Lipinski definition) is 3. The Kier molecular flexibility index (Phi) is 1.40. The molecule has 1 spiro atoms. The van der Waals surface area contributed by atoms with Crippen LogP contribution in [0.15, 0.2) is 29.4 Å². The van der Waals surface area contributed by atoms with E-state index in [1.54, 1.807) is 0 Å². The van der Waals surface area contributed by atoms with Gasteiger partial charge < -0.3 is 10.2 Å². The molecular formula is C11H12N2O. The molecule has 3 nitrogen and oxygen atoms in total. The Balaban J connectivity index is 2.06. The fourth-order valence-corrected chi connectivity index (χ4v) is 2.25. The highest BCUT2D eigenvalue weighted by atomic mass is 16.7. The summed E-state index contributed by atoms with van der Waals surface area (Å²) in [7, 11) is 0. The Hall–Kier alpha value is -1.51. The summed E-state index contributed by atoms with van der Waals surface area (Å²) in [6.45, 7) is 2.84. The van der Waals surface area contributed by atoms with Crippen LogP contribution in [0.25, 0.3) is 0 Å². The molecule has 3 rings (SSSR count). The van der Waals surface area contributed by atoms with Crippen molar-refractivity contribution in [3.05, 3.63) is 29.8 Å². The van der Waals surface area contributed by atoms with Gasteiger partial charge in [-0.05, 0) is 13.0 Å². The summed E-state index contributed by atoms with van der Waals surface area (Å²) in [4.78, 5) is 5.57. The molecule has 0 aromatic heterocycles. The van der Waals surface area contributed by atoms with Crippen LogP contribution < -0.4 is 5.32 Å². The molecule has 0 saturated carbocycles. The largest absolute Gasteiger partial charge is 0.382 e. The first kappa shape index (κ1) is 7.85. The Morgan fingerprint density at radius 1 is 1.43 bits per heavy atom. The number of rotatable bonds is 0. The first-order chi connectivity index (χ1) is 6.80. The van der Waals surface area contributed by atoms with Crippen LogP contribution in [0.4, 0.5) is 5.69 Å². The lowest BCUT2D eigenvalue weighted by molar-refractivity contribution is -0.00649. The van der Waals surface area contributed by atoms with Gasteiger partial charge in [-0.2, -0.15) is 0 Å². The van der Waals surface area contributed by atoms with Gasteiger partial charge in [0, 0.05) is 17.7 Å². The van der Waals surface area contributed by atoms with Crippen molar-refractivity contribution in [1.29, 1.82) is 0 Å². The normalized spacial score (nSPS) is 28.2. The molecule has 0 aliphatic carbocycles. The van der Waals surface area contributed by atoms with E-state index < -0.39 is 0 Å². The SMILES string of the molecule is CC1=NOC2(CNc3ccccc32)C1. The second-order valence-corrected chi connectivity index (χ2v) is 3.99. The molecule has 3 heteroatoms. The summed E-state index contributed by atoms with van der Waals surface area (Å²) in [5.41, 5.74) is 3.27. The van der Waals surface area contributed by atoms with Gasteiger partial charge >= 0.3 is 0 Å². The van der Waals surface area contributed by atoms with Gasteiger partial charge in [-0.3, -0.25) is 0 Å². The zero-order valence-corrected chi connectivity index (χ0v) is 8.08. The van der Waals surface area contributed by atoms with Crippen LogP contribution in [0.3, 0.4) is 0 Å². The van der Waals surface area contributed by atoms with E-state index in [0.29, 0.717) is 0 Å². The fourth-order valence-electron chi connectivity index (χ4n) is 2.25. The molecule has 1 aromatic rings. The minimum atomic E-state index is -0.222. The number of fused-ring (bicyclic) bond motifs is 2. The van der Waals surface area contributed by atoms with Gasteiger partial charge in [0.05, 0.1) is 12.3 Å². The number of para-hydroxylation sites is 1. The molecular weight excluding hydrogens is 176 g/mol. The van der Waals surface area contributed by atoms with E-state index in [9.17, 15) is 0 Å². The number of benzene rings is 1. The van der Waals surface area contributed by atoms with Crippen LogP contribution in [0, 0.1) is 0 Å². The van der Waals surface area contributed by atoms with Crippen LogP contribution in [-0.4, -0.2) is 12.3 Å². The predicted octanol–water partition coefficient (Wildman–Crippen LogP) is 2.10. The van der Waals surface area contributed by atoms with Crippen LogP contribution in [0.2, 0.25) is 0 Å². The monoisotopic (exact) mass is 188 g/mol. The van der Waals surface area contributed by atoms with Crippen LogP contribution in [-0.2, 0) is 10.4 Å². The van der Waals surface area contributed by atoms with Crippen molar-refractivity contribution < 1.29 is 4.84 Å². The molecule has 0 saturated heterocycles. The molecule has 72 valence electrons. The van der Waals surface area contributed by atoms with Gasteiger partial charge in [-0.25, -0.2) is 0 Å². The van der Waals surface area contributed by atoms with Gasteiger partial charge in [0.1, 0.15) is 0 Å². The lowest BCUT2D eigenvalue weighted by Gasteiger charge is -2.20. The summed E-state index contributed by atoms with van der Waals surface area (Å²) in [5.74, 6) is 0. The van der Waals surface area contributed by atoms with E-state index >= 15 is 0 Å². The molecule has 1 aromatic carbocycles. The van der Waals surface area contributed by atoms with Crippen molar-refractivity contribution in [3.63, 3.8) is 0 Å². The van der Waals surface area contributed by atoms with Gasteiger partial charge in [-0.15, -0.1) is 0 Å². The number of anilines is 1. The number of oxime groups is 1. The Bertz CT molecular complexity index is 414. The van der Waals surface area contributed by atoms with E-state index in [-0.39, 0.29) is 5.60 Å². The van der Waals surface area contributed by atoms with E-state index in [4.69, 9.17) is 4.84 Å². The standard InChI is InChI=1S/C11H12N2O/c1-8-6-11(14-13-8)7-12-10-5-3-2-4-9(10)11/h2-5,12H,6-7H2,1H3. The minimum Gasteiger partial charge on any atom is -0.382 e. The third-order valence-corrected chi connectivity index (χ3v) is 2.90. The molecule has 1 atom stereocenters. The van der Waals surface area contributed by atoms with Crippen molar-refractivity contribution in [3.8, 4) is 0 Å². The van der Waals surface area contributed by atoms with Crippen molar-refractivity contribution in [2.45, 2.75) is 18.9 Å². The molecule has 0 amide bonds. The van der Waals surface area contributed by atoms with Crippen molar-refractivity contribution in [1.82, 2.24) is 0 Å². The highest BCUT2D eigenvalue weighted by molar-refractivity contribution is 5.85. The first-order valence-corrected chi connectivity index (χ1v) is 4.85. The number of hydrogen-bond donors (Lipinski definition) is 1. The molecule has 1 unspecified atom stereocenters. The van der Waals surface area contributed by atoms with E-state index in [1.165, 1.54) is 11.3 Å². The molecule has 2 aliphatic heterocycles. The Labute approximate surface area is 82.8 Å². The first-order valence-electron chi connectivity index (χ1n) is 4.85. The molecule has 0 fully saturated rings. The topological polar surface area (TPSA) is 33.6 Å². The number of nitrogens with one attached hydrogen (secondary N) is 1. The van der Waals surface area contributed by atoms with Crippen molar-refractivity contribution in [2.75, 3.05) is 11.9 Å². The summed E-state index contributed by atoms with van der Waals surface area (Å²) < 4.78 is 0. The maximum atomic E-state index is 5.57. The molecule has 0 radical (unpaired) electrons. The summed E-state index contributed by atoms with van der Waals surface area (Å²) in [6, 6.07) is 8.28. The van der Waals surface area contributed by atoms with Gasteiger partial charge in [0.25, 0.3) is 0 Å².